The van der Waals surface area contributed by atoms with Gasteiger partial charge in [0.25, 0.3) is 0 Å². The second-order valence-electron chi connectivity index (χ2n) is 4.82. The Morgan fingerprint density at radius 2 is 2.21 bits per heavy atom. The maximum atomic E-state index is 12.4. The van der Waals surface area contributed by atoms with E-state index in [-0.39, 0.29) is 24.3 Å². The molecule has 0 bridgehead atoms. The second-order valence-corrected chi connectivity index (χ2v) is 4.82. The Hall–Kier alpha value is -1.88. The number of para-hydroxylation sites is 2. The van der Waals surface area contributed by atoms with Crippen molar-refractivity contribution in [1.29, 1.82) is 0 Å². The van der Waals surface area contributed by atoms with Crippen LogP contribution < -0.4 is 16.0 Å². The molecule has 0 spiro atoms. The van der Waals surface area contributed by atoms with Gasteiger partial charge in [0.2, 0.25) is 11.8 Å². The van der Waals surface area contributed by atoms with Crippen LogP contribution in [0, 0.1) is 5.92 Å². The van der Waals surface area contributed by atoms with Crippen LogP contribution in [-0.2, 0) is 9.59 Å². The van der Waals surface area contributed by atoms with E-state index in [4.69, 9.17) is 5.73 Å². The van der Waals surface area contributed by atoms with Gasteiger partial charge in [-0.3, -0.25) is 9.59 Å². The standard InChI is InChI=1S/C14H19N3O2/c1-10(5-4-8-15)14(19)17-9-13(18)16-11-6-2-3-7-12(11)17/h2-3,6-7,10H,4-5,8-9,15H2,1H3,(H,16,18). The molecule has 19 heavy (non-hydrogen) atoms. The van der Waals surface area contributed by atoms with Crippen LogP contribution in [0.25, 0.3) is 0 Å². The molecular formula is C14H19N3O2. The highest BCUT2D eigenvalue weighted by molar-refractivity contribution is 6.10. The summed E-state index contributed by atoms with van der Waals surface area (Å²) in [5.41, 5.74) is 6.93. The summed E-state index contributed by atoms with van der Waals surface area (Å²) in [6.45, 7) is 2.55. The predicted octanol–water partition coefficient (Wildman–Crippen LogP) is 1.35. The smallest absolute Gasteiger partial charge is 0.244 e. The summed E-state index contributed by atoms with van der Waals surface area (Å²) in [6.07, 6.45) is 1.56. The lowest BCUT2D eigenvalue weighted by molar-refractivity contribution is -0.124. The van der Waals surface area contributed by atoms with Crippen LogP contribution in [0.15, 0.2) is 24.3 Å². The third kappa shape index (κ3) is 2.93. The number of hydrogen-bond donors (Lipinski definition) is 2. The van der Waals surface area contributed by atoms with Crippen molar-refractivity contribution in [2.24, 2.45) is 11.7 Å². The molecule has 1 aliphatic rings. The third-order valence-electron chi connectivity index (χ3n) is 3.30. The second kappa shape index (κ2) is 5.84. The van der Waals surface area contributed by atoms with Crippen LogP contribution in [-0.4, -0.2) is 24.9 Å². The molecule has 1 aliphatic heterocycles. The van der Waals surface area contributed by atoms with E-state index in [0.717, 1.165) is 18.5 Å². The highest BCUT2D eigenvalue weighted by Crippen LogP contribution is 2.30. The molecule has 0 saturated heterocycles. The molecule has 1 aromatic rings. The van der Waals surface area contributed by atoms with E-state index in [1.807, 2.05) is 25.1 Å². The molecule has 3 N–H and O–H groups in total. The van der Waals surface area contributed by atoms with E-state index in [1.54, 1.807) is 11.0 Å². The molecule has 1 aromatic carbocycles. The van der Waals surface area contributed by atoms with Gasteiger partial charge in [-0.15, -0.1) is 0 Å². The number of amides is 2. The fraction of sp³-hybridized carbons (Fsp3) is 0.429. The first-order valence-corrected chi connectivity index (χ1v) is 6.54. The topological polar surface area (TPSA) is 75.4 Å². The highest BCUT2D eigenvalue weighted by Gasteiger charge is 2.29. The van der Waals surface area contributed by atoms with E-state index in [2.05, 4.69) is 5.32 Å². The van der Waals surface area contributed by atoms with E-state index < -0.39 is 0 Å². The van der Waals surface area contributed by atoms with Crippen molar-refractivity contribution in [3.05, 3.63) is 24.3 Å². The van der Waals surface area contributed by atoms with Gasteiger partial charge in [0.15, 0.2) is 0 Å². The zero-order valence-electron chi connectivity index (χ0n) is 11.1. The number of carbonyl (C=O) groups excluding carboxylic acids is 2. The fourth-order valence-corrected chi connectivity index (χ4v) is 2.24. The molecule has 0 fully saturated rings. The summed E-state index contributed by atoms with van der Waals surface area (Å²) in [7, 11) is 0. The van der Waals surface area contributed by atoms with Crippen molar-refractivity contribution in [3.8, 4) is 0 Å². The van der Waals surface area contributed by atoms with Crippen molar-refractivity contribution in [2.75, 3.05) is 23.3 Å². The van der Waals surface area contributed by atoms with Crippen LogP contribution in [0.3, 0.4) is 0 Å². The SMILES string of the molecule is CC(CCCN)C(=O)N1CC(=O)Nc2ccccc21. The molecule has 0 aromatic heterocycles. The summed E-state index contributed by atoms with van der Waals surface area (Å²) in [6, 6.07) is 7.35. The Kier molecular flexibility index (Phi) is 4.16. The van der Waals surface area contributed by atoms with E-state index in [9.17, 15) is 9.59 Å². The average Bonchev–Trinajstić information content (AvgIpc) is 2.42. The first kappa shape index (κ1) is 13.5. The van der Waals surface area contributed by atoms with Crippen LogP contribution >= 0.6 is 0 Å². The van der Waals surface area contributed by atoms with Crippen LogP contribution in [0.1, 0.15) is 19.8 Å². The van der Waals surface area contributed by atoms with Crippen LogP contribution in [0.5, 0.6) is 0 Å². The Labute approximate surface area is 112 Å². The molecule has 0 radical (unpaired) electrons. The fourth-order valence-electron chi connectivity index (χ4n) is 2.24. The number of fused-ring (bicyclic) bond motifs is 1. The number of nitrogens with one attached hydrogen (secondary N) is 1. The molecule has 2 rings (SSSR count). The molecule has 1 atom stereocenters. The molecule has 1 heterocycles. The number of rotatable bonds is 4. The van der Waals surface area contributed by atoms with Gasteiger partial charge in [-0.05, 0) is 31.5 Å². The normalized spacial score (nSPS) is 15.7. The molecule has 5 heteroatoms. The van der Waals surface area contributed by atoms with Gasteiger partial charge in [-0.2, -0.15) is 0 Å². The minimum absolute atomic E-state index is 0.0178. The molecule has 5 nitrogen and oxygen atoms in total. The van der Waals surface area contributed by atoms with E-state index in [0.29, 0.717) is 12.2 Å². The third-order valence-corrected chi connectivity index (χ3v) is 3.30. The molecule has 1 unspecified atom stereocenters. The first-order valence-electron chi connectivity index (χ1n) is 6.54. The van der Waals surface area contributed by atoms with Gasteiger partial charge in [0.1, 0.15) is 6.54 Å². The highest BCUT2D eigenvalue weighted by atomic mass is 16.2. The van der Waals surface area contributed by atoms with Gasteiger partial charge in [0.05, 0.1) is 11.4 Å². The molecule has 2 amide bonds. The number of anilines is 2. The number of hydrogen-bond acceptors (Lipinski definition) is 3. The van der Waals surface area contributed by atoms with Gasteiger partial charge in [-0.25, -0.2) is 0 Å². The lowest BCUT2D eigenvalue weighted by Gasteiger charge is -2.31. The van der Waals surface area contributed by atoms with Gasteiger partial charge >= 0.3 is 0 Å². The van der Waals surface area contributed by atoms with E-state index in [1.165, 1.54) is 0 Å². The molecule has 0 saturated carbocycles. The summed E-state index contributed by atoms with van der Waals surface area (Å²) < 4.78 is 0. The average molecular weight is 261 g/mol. The number of carbonyl (C=O) groups is 2. The maximum absolute atomic E-state index is 12.4. The zero-order valence-corrected chi connectivity index (χ0v) is 11.1. The van der Waals surface area contributed by atoms with Crippen molar-refractivity contribution in [3.63, 3.8) is 0 Å². The molecular weight excluding hydrogens is 242 g/mol. The minimum atomic E-state index is -0.155. The van der Waals surface area contributed by atoms with Crippen molar-refractivity contribution >= 4 is 23.2 Å². The summed E-state index contributed by atoms with van der Waals surface area (Å²) >= 11 is 0. The Morgan fingerprint density at radius 3 is 2.95 bits per heavy atom. The van der Waals surface area contributed by atoms with Gasteiger partial charge < -0.3 is 16.0 Å². The monoisotopic (exact) mass is 261 g/mol. The Morgan fingerprint density at radius 1 is 1.47 bits per heavy atom. The van der Waals surface area contributed by atoms with Crippen molar-refractivity contribution in [2.45, 2.75) is 19.8 Å². The zero-order chi connectivity index (χ0) is 13.8. The lowest BCUT2D eigenvalue weighted by Crippen LogP contribution is -2.44. The maximum Gasteiger partial charge on any atom is 0.244 e. The van der Waals surface area contributed by atoms with Gasteiger partial charge in [0, 0.05) is 5.92 Å². The number of nitrogens with two attached hydrogens (primary N) is 1. The molecule has 102 valence electrons. The Bertz CT molecular complexity index is 487. The van der Waals surface area contributed by atoms with Crippen LogP contribution in [0.2, 0.25) is 0 Å². The van der Waals surface area contributed by atoms with Gasteiger partial charge in [-0.1, -0.05) is 19.1 Å². The van der Waals surface area contributed by atoms with Crippen molar-refractivity contribution < 1.29 is 9.59 Å². The quantitative estimate of drug-likeness (QED) is 0.859. The summed E-state index contributed by atoms with van der Waals surface area (Å²) in [5, 5.41) is 2.77. The summed E-state index contributed by atoms with van der Waals surface area (Å²) in [4.78, 5) is 25.6. The number of benzene rings is 1. The first-order chi connectivity index (χ1) is 9.13. The van der Waals surface area contributed by atoms with E-state index >= 15 is 0 Å². The summed E-state index contributed by atoms with van der Waals surface area (Å²) in [5.74, 6) is -0.295. The van der Waals surface area contributed by atoms with Crippen molar-refractivity contribution in [1.82, 2.24) is 0 Å². The Balaban J connectivity index is 2.20. The van der Waals surface area contributed by atoms with Crippen LogP contribution in [0.4, 0.5) is 11.4 Å². The predicted molar refractivity (Wildman–Crippen MR) is 74.9 cm³/mol. The molecule has 0 aliphatic carbocycles. The number of nitrogens with zero attached hydrogens (tertiary/aromatic N) is 1. The lowest BCUT2D eigenvalue weighted by atomic mass is 10.0. The minimum Gasteiger partial charge on any atom is -0.330 e. The largest absolute Gasteiger partial charge is 0.330 e.